The lowest BCUT2D eigenvalue weighted by Gasteiger charge is -2.61. The summed E-state index contributed by atoms with van der Waals surface area (Å²) < 4.78 is 16.6. The molecule has 3 nitrogen and oxygen atoms in total. The van der Waals surface area contributed by atoms with Gasteiger partial charge in [0.25, 0.3) is 0 Å². The van der Waals surface area contributed by atoms with E-state index in [0.29, 0.717) is 12.8 Å². The Kier molecular flexibility index (Phi) is 3.29. The van der Waals surface area contributed by atoms with Gasteiger partial charge in [0.1, 0.15) is 0 Å². The van der Waals surface area contributed by atoms with E-state index >= 15 is 4.39 Å². The van der Waals surface area contributed by atoms with E-state index in [9.17, 15) is 15.0 Å². The zero-order valence-corrected chi connectivity index (χ0v) is 14.6. The first kappa shape index (κ1) is 16.5. The number of allylic oxidation sites excluding steroid dienone is 4. The first-order chi connectivity index (χ1) is 11.1. The molecule has 8 atom stereocenters. The Hall–Kier alpha value is -1.00. The molecule has 0 unspecified atom stereocenters. The summed E-state index contributed by atoms with van der Waals surface area (Å²) in [5.41, 5.74) is -2.32. The lowest BCUT2D eigenvalue weighted by molar-refractivity contribution is -0.201. The lowest BCUT2D eigenvalue weighted by Crippen LogP contribution is -2.66. The van der Waals surface area contributed by atoms with Gasteiger partial charge >= 0.3 is 0 Å². The van der Waals surface area contributed by atoms with E-state index in [1.807, 2.05) is 20.8 Å². The van der Waals surface area contributed by atoms with Crippen LogP contribution in [0.2, 0.25) is 0 Å². The highest BCUT2D eigenvalue weighted by Gasteiger charge is 2.70. The van der Waals surface area contributed by atoms with Crippen molar-refractivity contribution in [3.8, 4) is 0 Å². The smallest absolute Gasteiger partial charge is 0.178 e. The third-order valence-electron chi connectivity index (χ3n) is 7.92. The largest absolute Gasteiger partial charge is 0.392 e. The molecular weight excluding hydrogens is 307 g/mol. The topological polar surface area (TPSA) is 57.5 Å². The number of aliphatic hydroxyl groups excluding tert-OH is 2. The molecule has 3 saturated carbocycles. The quantitative estimate of drug-likeness (QED) is 0.716. The first-order valence-corrected chi connectivity index (χ1v) is 9.14. The monoisotopic (exact) mass is 334 g/mol. The molecule has 3 fully saturated rings. The molecule has 0 aliphatic heterocycles. The summed E-state index contributed by atoms with van der Waals surface area (Å²) in [6, 6.07) is 0. The van der Waals surface area contributed by atoms with E-state index in [1.165, 1.54) is 6.08 Å². The molecule has 24 heavy (non-hydrogen) atoms. The van der Waals surface area contributed by atoms with E-state index in [4.69, 9.17) is 0 Å². The van der Waals surface area contributed by atoms with Gasteiger partial charge < -0.3 is 10.2 Å². The van der Waals surface area contributed by atoms with Crippen LogP contribution in [0.3, 0.4) is 0 Å². The van der Waals surface area contributed by atoms with Crippen LogP contribution >= 0.6 is 0 Å². The molecule has 0 aromatic carbocycles. The number of halogens is 1. The third-order valence-corrected chi connectivity index (χ3v) is 7.92. The number of hydrogen-bond acceptors (Lipinski definition) is 3. The molecule has 0 saturated heterocycles. The number of fused-ring (bicyclic) bond motifs is 5. The van der Waals surface area contributed by atoms with Crippen molar-refractivity contribution in [2.45, 2.75) is 64.3 Å². The van der Waals surface area contributed by atoms with Crippen molar-refractivity contribution in [3.63, 3.8) is 0 Å². The number of carbonyl (C=O) groups is 1. The average Bonchev–Trinajstić information content (AvgIpc) is 2.74. The van der Waals surface area contributed by atoms with Gasteiger partial charge in [-0.25, -0.2) is 4.39 Å². The molecule has 2 N–H and O–H groups in total. The lowest BCUT2D eigenvalue weighted by atomic mass is 9.46. The third kappa shape index (κ3) is 1.71. The predicted octanol–water partition coefficient (Wildman–Crippen LogP) is 2.96. The molecule has 0 bridgehead atoms. The Morgan fingerprint density at radius 2 is 1.96 bits per heavy atom. The van der Waals surface area contributed by atoms with Gasteiger partial charge in [0.05, 0.1) is 12.2 Å². The fourth-order valence-electron chi connectivity index (χ4n) is 6.55. The molecule has 0 heterocycles. The molecule has 0 aromatic heterocycles. The Morgan fingerprint density at radius 3 is 2.67 bits per heavy atom. The van der Waals surface area contributed by atoms with Gasteiger partial charge in [0.15, 0.2) is 11.5 Å². The summed E-state index contributed by atoms with van der Waals surface area (Å²) in [4.78, 5) is 11.7. The van der Waals surface area contributed by atoms with Crippen LogP contribution in [0.1, 0.15) is 46.5 Å². The Bertz CT molecular complexity index is 655. The van der Waals surface area contributed by atoms with E-state index in [1.54, 1.807) is 12.2 Å². The minimum absolute atomic E-state index is 0.0697. The second-order valence-corrected chi connectivity index (χ2v) is 9.01. The molecular formula is C20H27FO3. The van der Waals surface area contributed by atoms with Crippen LogP contribution in [-0.2, 0) is 4.79 Å². The summed E-state index contributed by atoms with van der Waals surface area (Å²) in [5, 5.41) is 21.6. The highest BCUT2D eigenvalue weighted by molar-refractivity contribution is 6.01. The molecule has 0 radical (unpaired) electrons. The predicted molar refractivity (Wildman–Crippen MR) is 88.9 cm³/mol. The molecule has 0 spiro atoms. The van der Waals surface area contributed by atoms with Crippen LogP contribution in [0.25, 0.3) is 0 Å². The number of aliphatic hydroxyl groups is 2. The molecule has 4 aliphatic rings. The normalized spacial score (nSPS) is 56.3. The van der Waals surface area contributed by atoms with Crippen LogP contribution in [0.4, 0.5) is 4.39 Å². The highest BCUT2D eigenvalue weighted by Crippen LogP contribution is 2.68. The van der Waals surface area contributed by atoms with Gasteiger partial charge in [0, 0.05) is 11.3 Å². The van der Waals surface area contributed by atoms with Crippen LogP contribution in [0.5, 0.6) is 0 Å². The maximum Gasteiger partial charge on any atom is 0.178 e. The van der Waals surface area contributed by atoms with E-state index < -0.39 is 28.7 Å². The van der Waals surface area contributed by atoms with Crippen molar-refractivity contribution in [2.24, 2.45) is 28.6 Å². The SMILES string of the molecule is C[C@H]1C[C@H]2[C@@H]3CCC4=CC(=O)C=C[C@]4(C)[C@@]3(F)[C@H](O)C[C@]2(C)[C@@H]1O. The summed E-state index contributed by atoms with van der Waals surface area (Å²) in [6.07, 6.45) is 5.47. The fraction of sp³-hybridized carbons (Fsp3) is 0.750. The maximum absolute atomic E-state index is 16.6. The van der Waals surface area contributed by atoms with Crippen molar-refractivity contribution < 1.29 is 19.4 Å². The zero-order chi connectivity index (χ0) is 17.5. The number of ketones is 1. The Labute approximate surface area is 142 Å². The maximum atomic E-state index is 16.6. The Morgan fingerprint density at radius 1 is 1.25 bits per heavy atom. The molecule has 0 aromatic rings. The summed E-state index contributed by atoms with van der Waals surface area (Å²) in [7, 11) is 0. The summed E-state index contributed by atoms with van der Waals surface area (Å²) >= 11 is 0. The zero-order valence-electron chi connectivity index (χ0n) is 14.6. The standard InChI is InChI=1S/C20H27FO3/c1-11-8-15-14-5-4-12-9-13(22)6-7-19(12,3)20(14,21)16(23)10-18(15,2)17(11)24/h6-7,9,11,14-17,23-24H,4-5,8,10H2,1-3H3/t11-,14-,15-,16+,17+,18-,19-,20-/m0/s1. The molecule has 132 valence electrons. The van der Waals surface area contributed by atoms with Gasteiger partial charge in [-0.05, 0) is 62.0 Å². The van der Waals surface area contributed by atoms with Crippen molar-refractivity contribution in [3.05, 3.63) is 23.8 Å². The van der Waals surface area contributed by atoms with Crippen LogP contribution in [-0.4, -0.2) is 33.9 Å². The second kappa shape index (κ2) is 4.79. The van der Waals surface area contributed by atoms with Crippen LogP contribution < -0.4 is 0 Å². The number of carbonyl (C=O) groups excluding carboxylic acids is 1. The summed E-state index contributed by atoms with van der Waals surface area (Å²) in [6.45, 7) is 5.87. The molecule has 4 aliphatic carbocycles. The number of rotatable bonds is 0. The minimum atomic E-state index is -1.78. The highest BCUT2D eigenvalue weighted by atomic mass is 19.1. The number of hydrogen-bond donors (Lipinski definition) is 2. The van der Waals surface area contributed by atoms with Crippen molar-refractivity contribution in [2.75, 3.05) is 0 Å². The van der Waals surface area contributed by atoms with Gasteiger partial charge in [-0.3, -0.25) is 4.79 Å². The Balaban J connectivity index is 1.83. The van der Waals surface area contributed by atoms with Crippen molar-refractivity contribution in [1.29, 1.82) is 0 Å². The number of alkyl halides is 1. The van der Waals surface area contributed by atoms with Gasteiger partial charge in [-0.2, -0.15) is 0 Å². The van der Waals surface area contributed by atoms with Gasteiger partial charge in [-0.1, -0.05) is 25.5 Å². The van der Waals surface area contributed by atoms with E-state index in [2.05, 4.69) is 0 Å². The summed E-state index contributed by atoms with van der Waals surface area (Å²) in [5.74, 6) is -0.182. The van der Waals surface area contributed by atoms with Crippen LogP contribution in [0.15, 0.2) is 23.8 Å². The van der Waals surface area contributed by atoms with E-state index in [0.717, 1.165) is 12.0 Å². The average molecular weight is 334 g/mol. The first-order valence-electron chi connectivity index (χ1n) is 9.14. The van der Waals surface area contributed by atoms with Crippen LogP contribution in [0, 0.1) is 28.6 Å². The second-order valence-electron chi connectivity index (χ2n) is 9.01. The van der Waals surface area contributed by atoms with Crippen molar-refractivity contribution >= 4 is 5.78 Å². The molecule has 4 rings (SSSR count). The molecule has 4 heteroatoms. The van der Waals surface area contributed by atoms with Gasteiger partial charge in [-0.15, -0.1) is 0 Å². The van der Waals surface area contributed by atoms with Crippen molar-refractivity contribution in [1.82, 2.24) is 0 Å². The fourth-order valence-corrected chi connectivity index (χ4v) is 6.55. The molecule has 0 amide bonds. The van der Waals surface area contributed by atoms with Gasteiger partial charge in [0.2, 0.25) is 0 Å². The minimum Gasteiger partial charge on any atom is -0.392 e. The van der Waals surface area contributed by atoms with E-state index in [-0.39, 0.29) is 30.0 Å².